The molecule has 2 atom stereocenters. The number of amides is 1. The van der Waals surface area contributed by atoms with Gasteiger partial charge in [-0.15, -0.1) is 0 Å². The van der Waals surface area contributed by atoms with E-state index in [0.717, 1.165) is 28.5 Å². The molecule has 1 amide bonds. The number of hydrogen-bond acceptors (Lipinski definition) is 3. The van der Waals surface area contributed by atoms with Crippen molar-refractivity contribution >= 4 is 23.0 Å². The van der Waals surface area contributed by atoms with Gasteiger partial charge in [0.1, 0.15) is 6.42 Å². The molecule has 1 saturated heterocycles. The molecular weight excluding hydrogens is 355 g/mol. The van der Waals surface area contributed by atoms with Crippen LogP contribution in [0.2, 0.25) is 0 Å². The number of halogens is 3. The van der Waals surface area contributed by atoms with Crippen molar-refractivity contribution in [3.8, 4) is 0 Å². The van der Waals surface area contributed by atoms with E-state index in [1.807, 2.05) is 31.2 Å². The maximum Gasteiger partial charge on any atom is 0.397 e. The number of benzene rings is 1. The van der Waals surface area contributed by atoms with E-state index in [1.165, 1.54) is 4.90 Å². The van der Waals surface area contributed by atoms with Crippen LogP contribution in [0, 0.1) is 5.92 Å². The second-order valence-corrected chi connectivity index (χ2v) is 7.16. The summed E-state index contributed by atoms with van der Waals surface area (Å²) < 4.78 is 37.9. The fourth-order valence-electron chi connectivity index (χ4n) is 3.88. The summed E-state index contributed by atoms with van der Waals surface area (Å²) in [4.78, 5) is 22.0. The highest BCUT2D eigenvalue weighted by Gasteiger charge is 2.36. The van der Waals surface area contributed by atoms with Crippen LogP contribution < -0.4 is 0 Å². The van der Waals surface area contributed by atoms with Gasteiger partial charge in [-0.1, -0.05) is 25.1 Å². The molecule has 4 nitrogen and oxygen atoms in total. The molecule has 144 valence electrons. The molecule has 0 spiro atoms. The van der Waals surface area contributed by atoms with Crippen molar-refractivity contribution < 1.29 is 18.0 Å². The van der Waals surface area contributed by atoms with Gasteiger partial charge in [-0.3, -0.25) is 14.8 Å². The van der Waals surface area contributed by atoms with Crippen molar-refractivity contribution in [3.05, 3.63) is 41.6 Å². The van der Waals surface area contributed by atoms with Gasteiger partial charge in [0, 0.05) is 49.4 Å². The van der Waals surface area contributed by atoms with Crippen LogP contribution in [0.5, 0.6) is 0 Å². The highest BCUT2D eigenvalue weighted by Crippen LogP contribution is 2.35. The van der Waals surface area contributed by atoms with Gasteiger partial charge in [-0.05, 0) is 24.0 Å². The Morgan fingerprint density at radius 3 is 2.81 bits per heavy atom. The Morgan fingerprint density at radius 2 is 2.11 bits per heavy atom. The number of piperidine rings is 1. The zero-order valence-corrected chi connectivity index (χ0v) is 15.3. The maximum atomic E-state index is 12.6. The molecular formula is C20H22F3N3O. The molecule has 2 aromatic rings. The zero-order valence-electron chi connectivity index (χ0n) is 15.3. The zero-order chi connectivity index (χ0) is 19.6. The topological polar surface area (TPSA) is 45.6 Å². The lowest BCUT2D eigenvalue weighted by Gasteiger charge is -2.37. The molecule has 3 rings (SSSR count). The smallest absolute Gasteiger partial charge is 0.342 e. The summed E-state index contributed by atoms with van der Waals surface area (Å²) in [5.74, 6) is -0.744. The van der Waals surface area contributed by atoms with Crippen molar-refractivity contribution in [2.75, 3.05) is 20.1 Å². The first-order valence-corrected chi connectivity index (χ1v) is 8.93. The van der Waals surface area contributed by atoms with Crippen LogP contribution in [-0.4, -0.2) is 48.3 Å². The number of carbonyl (C=O) groups excluding carboxylic acids is 1. The van der Waals surface area contributed by atoms with Crippen LogP contribution in [0.3, 0.4) is 0 Å². The Bertz CT molecular complexity index is 863. The van der Waals surface area contributed by atoms with Gasteiger partial charge in [-0.25, -0.2) is 0 Å². The SMILES string of the molecule is C/N=C\c1ccc(C2CC(C)CN(C(=O)CC(F)(F)F)C2)c2cccnc12. The van der Waals surface area contributed by atoms with Crippen LogP contribution in [0.4, 0.5) is 13.2 Å². The average Bonchev–Trinajstić information content (AvgIpc) is 2.60. The Kier molecular flexibility index (Phi) is 5.48. The molecule has 2 heterocycles. The first kappa shape index (κ1) is 19.3. The quantitative estimate of drug-likeness (QED) is 0.753. The number of alkyl halides is 3. The lowest BCUT2D eigenvalue weighted by molar-refractivity contribution is -0.162. The van der Waals surface area contributed by atoms with E-state index in [1.54, 1.807) is 19.5 Å². The Hall–Kier alpha value is -2.44. The van der Waals surface area contributed by atoms with Crippen molar-refractivity contribution in [1.82, 2.24) is 9.88 Å². The number of fused-ring (bicyclic) bond motifs is 1. The van der Waals surface area contributed by atoms with Gasteiger partial charge in [0.15, 0.2) is 0 Å². The number of likely N-dealkylation sites (tertiary alicyclic amines) is 1. The second kappa shape index (κ2) is 7.66. The molecule has 0 N–H and O–H groups in total. The van der Waals surface area contributed by atoms with Crippen molar-refractivity contribution in [3.63, 3.8) is 0 Å². The monoisotopic (exact) mass is 377 g/mol. The maximum absolute atomic E-state index is 12.6. The predicted octanol–water partition coefficient (Wildman–Crippen LogP) is 4.19. The number of rotatable bonds is 3. The molecule has 1 aromatic heterocycles. The van der Waals surface area contributed by atoms with Crippen LogP contribution in [0.25, 0.3) is 10.9 Å². The third-order valence-electron chi connectivity index (χ3n) is 4.91. The van der Waals surface area contributed by atoms with Crippen LogP contribution in [-0.2, 0) is 4.79 Å². The predicted molar refractivity (Wildman–Crippen MR) is 99.0 cm³/mol. The fraction of sp³-hybridized carbons (Fsp3) is 0.450. The van der Waals surface area contributed by atoms with E-state index in [-0.39, 0.29) is 11.8 Å². The number of nitrogens with zero attached hydrogens (tertiary/aromatic N) is 3. The minimum Gasteiger partial charge on any atom is -0.342 e. The lowest BCUT2D eigenvalue weighted by atomic mass is 9.83. The largest absolute Gasteiger partial charge is 0.397 e. The molecule has 1 aromatic carbocycles. The summed E-state index contributed by atoms with van der Waals surface area (Å²) >= 11 is 0. The van der Waals surface area contributed by atoms with E-state index in [2.05, 4.69) is 9.98 Å². The summed E-state index contributed by atoms with van der Waals surface area (Å²) in [6, 6.07) is 7.72. The first-order chi connectivity index (χ1) is 12.8. The van der Waals surface area contributed by atoms with Crippen molar-refractivity contribution in [1.29, 1.82) is 0 Å². The molecule has 0 bridgehead atoms. The normalized spacial score (nSPS) is 21.1. The van der Waals surface area contributed by atoms with Gasteiger partial charge in [0.25, 0.3) is 0 Å². The summed E-state index contributed by atoms with van der Waals surface area (Å²) in [6.07, 6.45) is -1.61. The standard InChI is InChI=1S/C20H22F3N3O/c1-13-8-15(12-26(11-13)18(27)9-20(21,22)23)16-6-5-14(10-24-2)19-17(16)4-3-7-25-19/h3-7,10,13,15H,8-9,11-12H2,1-2H3/b24-10-. The minimum absolute atomic E-state index is 0.0229. The molecule has 7 heteroatoms. The van der Waals surface area contributed by atoms with Crippen molar-refractivity contribution in [2.24, 2.45) is 10.9 Å². The third kappa shape index (κ3) is 4.46. The summed E-state index contributed by atoms with van der Waals surface area (Å²) in [6.45, 7) is 2.63. The van der Waals surface area contributed by atoms with Gasteiger partial charge >= 0.3 is 6.18 Å². The molecule has 1 fully saturated rings. The van der Waals surface area contributed by atoms with E-state index in [9.17, 15) is 18.0 Å². The fourth-order valence-corrected chi connectivity index (χ4v) is 3.88. The van der Waals surface area contributed by atoms with Gasteiger partial charge in [0.05, 0.1) is 5.52 Å². The van der Waals surface area contributed by atoms with Gasteiger partial charge in [0.2, 0.25) is 5.91 Å². The Balaban J connectivity index is 1.94. The van der Waals surface area contributed by atoms with E-state index >= 15 is 0 Å². The highest BCUT2D eigenvalue weighted by molar-refractivity contribution is 5.99. The number of carbonyl (C=O) groups is 1. The second-order valence-electron chi connectivity index (χ2n) is 7.16. The number of aromatic nitrogens is 1. The summed E-state index contributed by atoms with van der Waals surface area (Å²) in [5, 5.41) is 0.956. The van der Waals surface area contributed by atoms with E-state index in [0.29, 0.717) is 13.1 Å². The Labute approximate surface area is 156 Å². The highest BCUT2D eigenvalue weighted by atomic mass is 19.4. The molecule has 1 aliphatic rings. The molecule has 0 saturated carbocycles. The molecule has 2 unspecified atom stereocenters. The number of hydrogen-bond donors (Lipinski definition) is 0. The summed E-state index contributed by atoms with van der Waals surface area (Å²) in [7, 11) is 1.69. The van der Waals surface area contributed by atoms with Crippen molar-refractivity contribution in [2.45, 2.75) is 31.9 Å². The molecule has 0 aliphatic carbocycles. The van der Waals surface area contributed by atoms with Crippen LogP contribution in [0.15, 0.2) is 35.5 Å². The number of aliphatic imine (C=N–C) groups is 1. The minimum atomic E-state index is -4.48. The third-order valence-corrected chi connectivity index (χ3v) is 4.91. The Morgan fingerprint density at radius 1 is 1.33 bits per heavy atom. The molecule has 27 heavy (non-hydrogen) atoms. The first-order valence-electron chi connectivity index (χ1n) is 8.93. The van der Waals surface area contributed by atoms with E-state index in [4.69, 9.17) is 0 Å². The number of pyridine rings is 1. The molecule has 0 radical (unpaired) electrons. The van der Waals surface area contributed by atoms with E-state index < -0.39 is 18.5 Å². The van der Waals surface area contributed by atoms with Crippen LogP contribution >= 0.6 is 0 Å². The van der Waals surface area contributed by atoms with Gasteiger partial charge in [-0.2, -0.15) is 13.2 Å². The molecule has 1 aliphatic heterocycles. The van der Waals surface area contributed by atoms with Gasteiger partial charge < -0.3 is 4.90 Å². The van der Waals surface area contributed by atoms with Crippen LogP contribution in [0.1, 0.15) is 36.8 Å². The average molecular weight is 377 g/mol. The lowest BCUT2D eigenvalue weighted by Crippen LogP contribution is -2.43. The summed E-state index contributed by atoms with van der Waals surface area (Å²) in [5.41, 5.74) is 2.72.